The molecule has 2 nitrogen and oxygen atoms in total. The lowest BCUT2D eigenvalue weighted by Gasteiger charge is -2.09. The van der Waals surface area contributed by atoms with E-state index in [2.05, 4.69) is 0 Å². The molecule has 0 fully saturated rings. The van der Waals surface area contributed by atoms with Crippen LogP contribution in [-0.2, 0) is 6.42 Å². The van der Waals surface area contributed by atoms with E-state index >= 15 is 0 Å². The molecule has 4 heteroatoms. The second-order valence-corrected chi connectivity index (χ2v) is 5.34. The van der Waals surface area contributed by atoms with E-state index in [0.717, 1.165) is 27.9 Å². The van der Waals surface area contributed by atoms with Crippen molar-refractivity contribution in [3.05, 3.63) is 53.4 Å². The normalized spacial score (nSPS) is 12.6. The Kier molecular flexibility index (Phi) is 4.54. The van der Waals surface area contributed by atoms with Gasteiger partial charge >= 0.3 is 0 Å². The molecule has 0 saturated heterocycles. The second kappa shape index (κ2) is 6.15. The third kappa shape index (κ3) is 4.11. The molecule has 1 aromatic carbocycles. The molecule has 0 radical (unpaired) electrons. The number of hydrogen-bond acceptors (Lipinski definition) is 3. The van der Waals surface area contributed by atoms with Gasteiger partial charge in [0.05, 0.1) is 6.26 Å². The van der Waals surface area contributed by atoms with Crippen LogP contribution in [0.3, 0.4) is 0 Å². The van der Waals surface area contributed by atoms with Crippen LogP contribution in [0.2, 0.25) is 5.02 Å². The first kappa shape index (κ1) is 12.6. The summed E-state index contributed by atoms with van der Waals surface area (Å²) in [4.78, 5) is 1.15. The SMILES string of the molecule is NC(CSc1cccc(Cl)c1)Cc1ccco1. The second-order valence-electron chi connectivity index (χ2n) is 3.81. The Labute approximate surface area is 110 Å². The maximum atomic E-state index is 6.04. The maximum absolute atomic E-state index is 6.04. The zero-order valence-corrected chi connectivity index (χ0v) is 10.9. The van der Waals surface area contributed by atoms with Crippen LogP contribution in [-0.4, -0.2) is 11.8 Å². The zero-order chi connectivity index (χ0) is 12.1. The summed E-state index contributed by atoms with van der Waals surface area (Å²) in [7, 11) is 0. The van der Waals surface area contributed by atoms with Gasteiger partial charge in [0.2, 0.25) is 0 Å². The fourth-order valence-electron chi connectivity index (χ4n) is 1.51. The molecule has 90 valence electrons. The number of hydrogen-bond donors (Lipinski definition) is 1. The van der Waals surface area contributed by atoms with Gasteiger partial charge in [0.25, 0.3) is 0 Å². The van der Waals surface area contributed by atoms with Gasteiger partial charge in [-0.1, -0.05) is 17.7 Å². The van der Waals surface area contributed by atoms with Crippen molar-refractivity contribution >= 4 is 23.4 Å². The lowest BCUT2D eigenvalue weighted by molar-refractivity contribution is 0.493. The Morgan fingerprint density at radius 3 is 2.88 bits per heavy atom. The highest BCUT2D eigenvalue weighted by atomic mass is 35.5. The Balaban J connectivity index is 1.82. The van der Waals surface area contributed by atoms with Gasteiger partial charge in [-0.05, 0) is 30.3 Å². The lowest BCUT2D eigenvalue weighted by atomic mass is 10.2. The summed E-state index contributed by atoms with van der Waals surface area (Å²) in [6.07, 6.45) is 2.44. The van der Waals surface area contributed by atoms with Gasteiger partial charge in [0.15, 0.2) is 0 Å². The summed E-state index contributed by atoms with van der Waals surface area (Å²) in [5, 5.41) is 0.759. The first-order chi connectivity index (χ1) is 8.24. The minimum absolute atomic E-state index is 0.0881. The number of thioether (sulfide) groups is 1. The molecular formula is C13H14ClNOS. The molecule has 1 aromatic heterocycles. The van der Waals surface area contributed by atoms with Crippen molar-refractivity contribution in [2.24, 2.45) is 5.73 Å². The molecule has 2 N–H and O–H groups in total. The Hall–Kier alpha value is -0.900. The first-order valence-electron chi connectivity index (χ1n) is 5.40. The van der Waals surface area contributed by atoms with Gasteiger partial charge in [0.1, 0.15) is 5.76 Å². The molecule has 0 aliphatic rings. The molecule has 0 bridgehead atoms. The van der Waals surface area contributed by atoms with E-state index in [1.165, 1.54) is 0 Å². The van der Waals surface area contributed by atoms with Crippen molar-refractivity contribution in [2.75, 3.05) is 5.75 Å². The molecule has 0 spiro atoms. The van der Waals surface area contributed by atoms with E-state index < -0.39 is 0 Å². The fraction of sp³-hybridized carbons (Fsp3) is 0.231. The highest BCUT2D eigenvalue weighted by molar-refractivity contribution is 7.99. The smallest absolute Gasteiger partial charge is 0.105 e. The average Bonchev–Trinajstić information content (AvgIpc) is 2.79. The highest BCUT2D eigenvalue weighted by Gasteiger charge is 2.07. The molecule has 2 rings (SSSR count). The molecule has 2 aromatic rings. The van der Waals surface area contributed by atoms with Gasteiger partial charge in [-0.2, -0.15) is 0 Å². The minimum Gasteiger partial charge on any atom is -0.469 e. The van der Waals surface area contributed by atoms with E-state index in [-0.39, 0.29) is 6.04 Å². The number of benzene rings is 1. The fourth-order valence-corrected chi connectivity index (χ4v) is 2.67. The number of nitrogens with two attached hydrogens (primary N) is 1. The van der Waals surface area contributed by atoms with E-state index in [9.17, 15) is 0 Å². The van der Waals surface area contributed by atoms with E-state index in [1.54, 1.807) is 18.0 Å². The van der Waals surface area contributed by atoms with E-state index in [1.807, 2.05) is 36.4 Å². The van der Waals surface area contributed by atoms with Crippen LogP contribution >= 0.6 is 23.4 Å². The van der Waals surface area contributed by atoms with Crippen LogP contribution in [0.1, 0.15) is 5.76 Å². The van der Waals surface area contributed by atoms with Crippen molar-refractivity contribution in [3.8, 4) is 0 Å². The summed E-state index contributed by atoms with van der Waals surface area (Å²) in [6, 6.07) is 11.7. The maximum Gasteiger partial charge on any atom is 0.105 e. The molecule has 0 aliphatic carbocycles. The van der Waals surface area contributed by atoms with Gasteiger partial charge in [-0.15, -0.1) is 11.8 Å². The van der Waals surface area contributed by atoms with Gasteiger partial charge < -0.3 is 10.2 Å². The molecule has 1 heterocycles. The van der Waals surface area contributed by atoms with Crippen LogP contribution in [0.15, 0.2) is 52.0 Å². The van der Waals surface area contributed by atoms with Crippen LogP contribution < -0.4 is 5.73 Å². The minimum atomic E-state index is 0.0881. The summed E-state index contributed by atoms with van der Waals surface area (Å²) < 4.78 is 5.26. The van der Waals surface area contributed by atoms with Crippen LogP contribution in [0.4, 0.5) is 0 Å². The zero-order valence-electron chi connectivity index (χ0n) is 9.30. The highest BCUT2D eigenvalue weighted by Crippen LogP contribution is 2.22. The third-order valence-electron chi connectivity index (χ3n) is 2.30. The summed E-state index contributed by atoms with van der Waals surface area (Å²) in [5.74, 6) is 1.78. The Bertz CT molecular complexity index is 458. The van der Waals surface area contributed by atoms with Gasteiger partial charge in [0, 0.05) is 28.1 Å². The molecular weight excluding hydrogens is 254 g/mol. The Morgan fingerprint density at radius 1 is 1.29 bits per heavy atom. The van der Waals surface area contributed by atoms with E-state index in [4.69, 9.17) is 21.8 Å². The monoisotopic (exact) mass is 267 g/mol. The van der Waals surface area contributed by atoms with Crippen molar-refractivity contribution < 1.29 is 4.42 Å². The molecule has 0 amide bonds. The molecule has 0 saturated carbocycles. The van der Waals surface area contributed by atoms with Crippen LogP contribution in [0.25, 0.3) is 0 Å². The van der Waals surface area contributed by atoms with Gasteiger partial charge in [-0.3, -0.25) is 0 Å². The predicted octanol–water partition coefficient (Wildman–Crippen LogP) is 3.60. The largest absolute Gasteiger partial charge is 0.469 e. The third-order valence-corrected chi connectivity index (χ3v) is 3.72. The van der Waals surface area contributed by atoms with E-state index in [0.29, 0.717) is 0 Å². The number of furan rings is 1. The van der Waals surface area contributed by atoms with Crippen molar-refractivity contribution in [3.63, 3.8) is 0 Å². The topological polar surface area (TPSA) is 39.2 Å². The van der Waals surface area contributed by atoms with Crippen molar-refractivity contribution in [2.45, 2.75) is 17.4 Å². The van der Waals surface area contributed by atoms with Crippen molar-refractivity contribution in [1.82, 2.24) is 0 Å². The molecule has 1 unspecified atom stereocenters. The quantitative estimate of drug-likeness (QED) is 0.842. The number of halogens is 1. The standard InChI is InChI=1S/C13H14ClNOS/c14-10-3-1-5-13(7-10)17-9-11(15)8-12-4-2-6-16-12/h1-7,11H,8-9,15H2. The summed E-state index contributed by atoms with van der Waals surface area (Å²) in [5.41, 5.74) is 6.04. The Morgan fingerprint density at radius 2 is 2.18 bits per heavy atom. The average molecular weight is 268 g/mol. The summed E-state index contributed by atoms with van der Waals surface area (Å²) in [6.45, 7) is 0. The molecule has 17 heavy (non-hydrogen) atoms. The van der Waals surface area contributed by atoms with Crippen molar-refractivity contribution in [1.29, 1.82) is 0 Å². The van der Waals surface area contributed by atoms with Crippen LogP contribution in [0, 0.1) is 0 Å². The molecule has 1 atom stereocenters. The number of rotatable bonds is 5. The first-order valence-corrected chi connectivity index (χ1v) is 6.77. The van der Waals surface area contributed by atoms with Crippen LogP contribution in [0.5, 0.6) is 0 Å². The molecule has 0 aliphatic heterocycles. The lowest BCUT2D eigenvalue weighted by Crippen LogP contribution is -2.25. The van der Waals surface area contributed by atoms with Gasteiger partial charge in [-0.25, -0.2) is 0 Å². The predicted molar refractivity (Wildman–Crippen MR) is 72.6 cm³/mol. The summed E-state index contributed by atoms with van der Waals surface area (Å²) >= 11 is 7.63.